The van der Waals surface area contributed by atoms with E-state index in [-0.39, 0.29) is 0 Å². The van der Waals surface area contributed by atoms with Gasteiger partial charge in [-0.05, 0) is 48.0 Å². The zero-order chi connectivity index (χ0) is 17.2. The first kappa shape index (κ1) is 16.2. The lowest BCUT2D eigenvalue weighted by Gasteiger charge is -2.04. The van der Waals surface area contributed by atoms with E-state index in [4.69, 9.17) is 16.0 Å². The summed E-state index contributed by atoms with van der Waals surface area (Å²) in [6.07, 6.45) is 0. The van der Waals surface area contributed by atoms with Gasteiger partial charge in [-0.2, -0.15) is 0 Å². The minimum Gasteiger partial charge on any atom is -0.455 e. The van der Waals surface area contributed by atoms with Gasteiger partial charge < -0.3 is 4.42 Å². The van der Waals surface area contributed by atoms with Crippen molar-refractivity contribution in [2.75, 3.05) is 0 Å². The topological polar surface area (TPSA) is 13.1 Å². The molecule has 0 N–H and O–H groups in total. The third kappa shape index (κ3) is 3.41. The number of halogens is 2. The molecule has 0 radical (unpaired) electrons. The van der Waals surface area contributed by atoms with Crippen LogP contribution in [-0.2, 0) is 0 Å². The minimum absolute atomic E-state index is 0.712. The Balaban J connectivity index is 1.89. The Kier molecular flexibility index (Phi) is 4.48. The van der Waals surface area contributed by atoms with Crippen molar-refractivity contribution in [3.63, 3.8) is 0 Å². The van der Waals surface area contributed by atoms with Gasteiger partial charge in [-0.1, -0.05) is 70.0 Å². The third-order valence-electron chi connectivity index (χ3n) is 4.05. The molecule has 122 valence electrons. The summed E-state index contributed by atoms with van der Waals surface area (Å²) in [6.45, 7) is 0. The van der Waals surface area contributed by atoms with E-state index >= 15 is 0 Å². The highest BCUT2D eigenvalue weighted by Crippen LogP contribution is 2.39. The second-order valence-corrected chi connectivity index (χ2v) is 7.09. The van der Waals surface area contributed by atoms with Gasteiger partial charge in [-0.25, -0.2) is 0 Å². The summed E-state index contributed by atoms with van der Waals surface area (Å²) in [5, 5.41) is 0.712. The molecule has 0 aliphatic carbocycles. The Labute approximate surface area is 160 Å². The van der Waals surface area contributed by atoms with Gasteiger partial charge in [0.25, 0.3) is 0 Å². The molecule has 4 rings (SSSR count). The molecule has 3 aromatic carbocycles. The molecule has 1 aromatic heterocycles. The first-order chi connectivity index (χ1) is 12.2. The van der Waals surface area contributed by atoms with E-state index in [1.54, 1.807) is 0 Å². The highest BCUT2D eigenvalue weighted by Gasteiger charge is 2.16. The predicted octanol–water partition coefficient (Wildman–Crippen LogP) is 7.70. The lowest BCUT2D eigenvalue weighted by molar-refractivity contribution is 0.598. The van der Waals surface area contributed by atoms with Crippen LogP contribution in [0.4, 0.5) is 0 Å². The molecule has 0 atom stereocenters. The van der Waals surface area contributed by atoms with Crippen molar-refractivity contribution in [3.8, 4) is 33.8 Å². The van der Waals surface area contributed by atoms with Gasteiger partial charge in [0, 0.05) is 26.2 Å². The van der Waals surface area contributed by atoms with Crippen LogP contribution in [-0.4, -0.2) is 0 Å². The lowest BCUT2D eigenvalue weighted by Crippen LogP contribution is -1.80. The van der Waals surface area contributed by atoms with E-state index in [1.165, 1.54) is 0 Å². The molecule has 0 aliphatic rings. The Morgan fingerprint density at radius 2 is 1.32 bits per heavy atom. The summed E-state index contributed by atoms with van der Waals surface area (Å²) in [5.74, 6) is 1.70. The zero-order valence-corrected chi connectivity index (χ0v) is 15.6. The van der Waals surface area contributed by atoms with Crippen LogP contribution in [0.5, 0.6) is 0 Å². The van der Waals surface area contributed by atoms with Gasteiger partial charge in [0.15, 0.2) is 0 Å². The van der Waals surface area contributed by atoms with Crippen molar-refractivity contribution < 1.29 is 4.42 Å². The smallest absolute Gasteiger partial charge is 0.142 e. The largest absolute Gasteiger partial charge is 0.455 e. The monoisotopic (exact) mass is 408 g/mol. The van der Waals surface area contributed by atoms with Crippen LogP contribution in [0.15, 0.2) is 93.8 Å². The van der Waals surface area contributed by atoms with Crippen LogP contribution in [0.2, 0.25) is 5.02 Å². The Morgan fingerprint density at radius 1 is 0.680 bits per heavy atom. The number of hydrogen-bond acceptors (Lipinski definition) is 1. The van der Waals surface area contributed by atoms with Crippen LogP contribution < -0.4 is 0 Å². The number of benzene rings is 3. The summed E-state index contributed by atoms with van der Waals surface area (Å²) in [7, 11) is 0. The number of rotatable bonds is 3. The van der Waals surface area contributed by atoms with Crippen LogP contribution in [0, 0.1) is 0 Å². The predicted molar refractivity (Wildman–Crippen MR) is 108 cm³/mol. The Morgan fingerprint density at radius 3 is 2.00 bits per heavy atom. The van der Waals surface area contributed by atoms with Gasteiger partial charge in [-0.3, -0.25) is 0 Å². The molecule has 0 amide bonds. The normalized spacial score (nSPS) is 10.8. The van der Waals surface area contributed by atoms with Crippen molar-refractivity contribution >= 4 is 27.5 Å². The molecule has 0 unspecified atom stereocenters. The van der Waals surface area contributed by atoms with E-state index in [0.29, 0.717) is 5.02 Å². The van der Waals surface area contributed by atoms with E-state index in [2.05, 4.69) is 46.3 Å². The average molecular weight is 410 g/mol. The summed E-state index contributed by atoms with van der Waals surface area (Å²) in [6, 6.07) is 28.2. The highest BCUT2D eigenvalue weighted by atomic mass is 79.9. The molecule has 4 aromatic rings. The van der Waals surface area contributed by atoms with E-state index in [0.717, 1.165) is 38.2 Å². The fourth-order valence-corrected chi connectivity index (χ4v) is 3.19. The van der Waals surface area contributed by atoms with Crippen molar-refractivity contribution in [1.82, 2.24) is 0 Å². The lowest BCUT2D eigenvalue weighted by atomic mass is 10.0. The second kappa shape index (κ2) is 6.91. The maximum atomic E-state index is 6.26. The Hall–Kier alpha value is -2.29. The first-order valence-corrected chi connectivity index (χ1v) is 9.09. The summed E-state index contributed by atoms with van der Waals surface area (Å²) < 4.78 is 7.31. The maximum absolute atomic E-state index is 6.26. The van der Waals surface area contributed by atoms with Gasteiger partial charge in [0.1, 0.15) is 11.5 Å². The molecule has 0 saturated heterocycles. The van der Waals surface area contributed by atoms with Crippen molar-refractivity contribution in [2.45, 2.75) is 0 Å². The molecular weight excluding hydrogens is 396 g/mol. The third-order valence-corrected chi connectivity index (χ3v) is 4.83. The molecule has 0 fully saturated rings. The molecular formula is C22H14BrClO. The van der Waals surface area contributed by atoms with E-state index in [1.807, 2.05) is 54.6 Å². The van der Waals surface area contributed by atoms with Crippen molar-refractivity contribution in [2.24, 2.45) is 0 Å². The van der Waals surface area contributed by atoms with Gasteiger partial charge >= 0.3 is 0 Å². The molecule has 0 bridgehead atoms. The van der Waals surface area contributed by atoms with Crippen LogP contribution >= 0.6 is 27.5 Å². The molecule has 1 heterocycles. The highest BCUT2D eigenvalue weighted by molar-refractivity contribution is 9.10. The van der Waals surface area contributed by atoms with E-state index < -0.39 is 0 Å². The maximum Gasteiger partial charge on any atom is 0.142 e. The van der Waals surface area contributed by atoms with Crippen LogP contribution in [0.25, 0.3) is 33.8 Å². The van der Waals surface area contributed by atoms with Crippen LogP contribution in [0.3, 0.4) is 0 Å². The molecule has 0 spiro atoms. The molecule has 3 heteroatoms. The van der Waals surface area contributed by atoms with Gasteiger partial charge in [0.2, 0.25) is 0 Å². The van der Waals surface area contributed by atoms with Crippen LogP contribution in [0.1, 0.15) is 0 Å². The summed E-state index contributed by atoms with van der Waals surface area (Å²) in [4.78, 5) is 0. The molecule has 25 heavy (non-hydrogen) atoms. The fourth-order valence-electron chi connectivity index (χ4n) is 2.80. The number of hydrogen-bond donors (Lipinski definition) is 0. The van der Waals surface area contributed by atoms with Gasteiger partial charge in [-0.15, -0.1) is 0 Å². The van der Waals surface area contributed by atoms with E-state index in [9.17, 15) is 0 Å². The Bertz CT molecular complexity index is 924. The minimum atomic E-state index is 0.712. The zero-order valence-electron chi connectivity index (χ0n) is 13.2. The fraction of sp³-hybridized carbons (Fsp3) is 0. The SMILES string of the molecule is Clc1ccc(-c2oc(-c3ccccc3)cc2-c2ccc(Br)cc2)cc1. The average Bonchev–Trinajstić information content (AvgIpc) is 3.09. The molecule has 1 nitrogen and oxygen atoms in total. The second-order valence-electron chi connectivity index (χ2n) is 5.73. The van der Waals surface area contributed by atoms with Crippen molar-refractivity contribution in [3.05, 3.63) is 94.4 Å². The molecule has 0 aliphatic heterocycles. The van der Waals surface area contributed by atoms with Crippen molar-refractivity contribution in [1.29, 1.82) is 0 Å². The van der Waals surface area contributed by atoms with Gasteiger partial charge in [0.05, 0.1) is 0 Å². The quantitative estimate of drug-likeness (QED) is 0.338. The molecule has 0 saturated carbocycles. The summed E-state index contributed by atoms with van der Waals surface area (Å²) in [5.41, 5.74) is 4.23. The first-order valence-electron chi connectivity index (χ1n) is 7.92. The standard InChI is InChI=1S/C22H14BrClO/c23-18-10-6-15(7-11-18)20-14-21(16-4-2-1-3-5-16)25-22(20)17-8-12-19(24)13-9-17/h1-14H. The summed E-state index contributed by atoms with van der Waals surface area (Å²) >= 11 is 9.53. The number of furan rings is 1.